The van der Waals surface area contributed by atoms with Gasteiger partial charge in [-0.1, -0.05) is 18.2 Å². The number of carboxylic acids is 1. The molecule has 0 bridgehead atoms. The van der Waals surface area contributed by atoms with Crippen LogP contribution in [0.25, 0.3) is 0 Å². The number of rotatable bonds is 5. The lowest BCUT2D eigenvalue weighted by molar-refractivity contribution is -0.141. The number of para-hydroxylation sites is 1. The standard InChI is InChI=1S/C10H13NO4/c1-15-11(9(7-12)10(13)14)8-5-3-2-4-6-8/h2-6,9,12H,7H2,1H3,(H,13,14)/t9-/m0/s1. The van der Waals surface area contributed by atoms with Gasteiger partial charge < -0.3 is 10.2 Å². The molecule has 0 heterocycles. The summed E-state index contributed by atoms with van der Waals surface area (Å²) >= 11 is 0. The van der Waals surface area contributed by atoms with Gasteiger partial charge >= 0.3 is 5.97 Å². The minimum absolute atomic E-state index is 0.516. The molecule has 0 unspecified atom stereocenters. The number of aliphatic hydroxyl groups excluding tert-OH is 1. The maximum absolute atomic E-state index is 10.8. The largest absolute Gasteiger partial charge is 0.480 e. The highest BCUT2D eigenvalue weighted by Gasteiger charge is 2.25. The summed E-state index contributed by atoms with van der Waals surface area (Å²) in [6.07, 6.45) is 0. The SMILES string of the molecule is CON(c1ccccc1)[C@@H](CO)C(=O)O. The molecule has 0 aliphatic heterocycles. The van der Waals surface area contributed by atoms with Crippen molar-refractivity contribution in [2.24, 2.45) is 0 Å². The summed E-state index contributed by atoms with van der Waals surface area (Å²) < 4.78 is 0. The Morgan fingerprint density at radius 1 is 1.47 bits per heavy atom. The van der Waals surface area contributed by atoms with Crippen LogP contribution in [0.5, 0.6) is 0 Å². The average molecular weight is 211 g/mol. The first-order valence-corrected chi connectivity index (χ1v) is 4.42. The molecule has 2 N–H and O–H groups in total. The van der Waals surface area contributed by atoms with Gasteiger partial charge in [-0.25, -0.2) is 9.86 Å². The summed E-state index contributed by atoms with van der Waals surface area (Å²) in [5.74, 6) is -1.14. The fourth-order valence-corrected chi connectivity index (χ4v) is 1.24. The molecule has 0 fully saturated rings. The van der Waals surface area contributed by atoms with Crippen LogP contribution in [0.2, 0.25) is 0 Å². The van der Waals surface area contributed by atoms with E-state index in [-0.39, 0.29) is 0 Å². The summed E-state index contributed by atoms with van der Waals surface area (Å²) in [6.45, 7) is -0.516. The molecule has 0 saturated heterocycles. The van der Waals surface area contributed by atoms with Crippen LogP contribution in [-0.2, 0) is 9.63 Å². The van der Waals surface area contributed by atoms with E-state index in [0.29, 0.717) is 5.69 Å². The number of hydrogen-bond donors (Lipinski definition) is 2. The van der Waals surface area contributed by atoms with Crippen LogP contribution in [-0.4, -0.2) is 35.9 Å². The van der Waals surface area contributed by atoms with Crippen molar-refractivity contribution in [2.75, 3.05) is 18.8 Å². The summed E-state index contributed by atoms with van der Waals surface area (Å²) in [7, 11) is 1.36. The molecule has 5 nitrogen and oxygen atoms in total. The molecular weight excluding hydrogens is 198 g/mol. The molecule has 15 heavy (non-hydrogen) atoms. The predicted molar refractivity (Wildman–Crippen MR) is 54.4 cm³/mol. The average Bonchev–Trinajstić information content (AvgIpc) is 2.26. The lowest BCUT2D eigenvalue weighted by Crippen LogP contribution is -2.43. The van der Waals surface area contributed by atoms with Crippen molar-refractivity contribution in [3.63, 3.8) is 0 Å². The van der Waals surface area contributed by atoms with Gasteiger partial charge in [0.25, 0.3) is 0 Å². The van der Waals surface area contributed by atoms with Gasteiger partial charge in [-0.2, -0.15) is 0 Å². The Labute approximate surface area is 87.5 Å². The molecule has 1 atom stereocenters. The fourth-order valence-electron chi connectivity index (χ4n) is 1.24. The minimum atomic E-state index is -1.14. The zero-order chi connectivity index (χ0) is 11.3. The topological polar surface area (TPSA) is 70.0 Å². The van der Waals surface area contributed by atoms with Gasteiger partial charge in [0.05, 0.1) is 19.4 Å². The van der Waals surface area contributed by atoms with E-state index in [1.807, 2.05) is 6.07 Å². The summed E-state index contributed by atoms with van der Waals surface area (Å²) in [5.41, 5.74) is 0.585. The monoisotopic (exact) mass is 211 g/mol. The molecule has 0 aromatic heterocycles. The molecule has 0 amide bonds. The van der Waals surface area contributed by atoms with Gasteiger partial charge in [0.15, 0.2) is 6.04 Å². The molecule has 0 aliphatic rings. The number of hydrogen-bond acceptors (Lipinski definition) is 4. The lowest BCUT2D eigenvalue weighted by Gasteiger charge is -2.26. The molecule has 0 aliphatic carbocycles. The number of carboxylic acid groups (broad SMARTS) is 1. The van der Waals surface area contributed by atoms with Crippen LogP contribution >= 0.6 is 0 Å². The van der Waals surface area contributed by atoms with Crippen molar-refractivity contribution in [1.82, 2.24) is 0 Å². The maximum Gasteiger partial charge on any atom is 0.331 e. The van der Waals surface area contributed by atoms with Crippen LogP contribution < -0.4 is 5.06 Å². The third kappa shape index (κ3) is 2.68. The van der Waals surface area contributed by atoms with Crippen LogP contribution in [0, 0.1) is 0 Å². The molecule has 82 valence electrons. The van der Waals surface area contributed by atoms with Crippen LogP contribution in [0.15, 0.2) is 30.3 Å². The molecule has 1 aromatic rings. The fraction of sp³-hybridized carbons (Fsp3) is 0.300. The summed E-state index contributed by atoms with van der Waals surface area (Å²) in [4.78, 5) is 15.8. The van der Waals surface area contributed by atoms with Crippen molar-refractivity contribution in [1.29, 1.82) is 0 Å². The van der Waals surface area contributed by atoms with Gasteiger partial charge in [-0.3, -0.25) is 4.84 Å². The molecule has 0 spiro atoms. The van der Waals surface area contributed by atoms with E-state index in [9.17, 15) is 4.79 Å². The molecule has 1 rings (SSSR count). The molecule has 0 saturated carbocycles. The Morgan fingerprint density at radius 2 is 2.07 bits per heavy atom. The highest BCUT2D eigenvalue weighted by atomic mass is 16.7. The minimum Gasteiger partial charge on any atom is -0.480 e. The molecular formula is C10H13NO4. The van der Waals surface area contributed by atoms with Crippen LogP contribution in [0.3, 0.4) is 0 Å². The van der Waals surface area contributed by atoms with Crippen molar-refractivity contribution >= 4 is 11.7 Å². The van der Waals surface area contributed by atoms with Gasteiger partial charge in [0.2, 0.25) is 0 Å². The second-order valence-electron chi connectivity index (χ2n) is 2.88. The van der Waals surface area contributed by atoms with E-state index in [1.165, 1.54) is 7.11 Å². The maximum atomic E-state index is 10.8. The Bertz CT molecular complexity index is 314. The Morgan fingerprint density at radius 3 is 2.47 bits per heavy atom. The Kier molecular flexibility index (Phi) is 4.08. The van der Waals surface area contributed by atoms with E-state index in [2.05, 4.69) is 0 Å². The third-order valence-electron chi connectivity index (χ3n) is 1.95. The Balaban J connectivity index is 2.92. The van der Waals surface area contributed by atoms with E-state index < -0.39 is 18.6 Å². The number of hydroxylamine groups is 1. The van der Waals surface area contributed by atoms with Gasteiger partial charge in [0, 0.05) is 0 Å². The molecule has 0 radical (unpaired) electrons. The van der Waals surface area contributed by atoms with Crippen molar-refractivity contribution in [3.8, 4) is 0 Å². The zero-order valence-corrected chi connectivity index (χ0v) is 8.33. The van der Waals surface area contributed by atoms with Crippen molar-refractivity contribution in [2.45, 2.75) is 6.04 Å². The highest BCUT2D eigenvalue weighted by molar-refractivity contribution is 5.77. The number of carbonyl (C=O) groups is 1. The van der Waals surface area contributed by atoms with E-state index in [0.717, 1.165) is 5.06 Å². The summed E-state index contributed by atoms with van der Waals surface area (Å²) in [6, 6.07) is 7.64. The van der Waals surface area contributed by atoms with Crippen LogP contribution in [0.4, 0.5) is 5.69 Å². The second kappa shape index (κ2) is 5.33. The van der Waals surface area contributed by atoms with Gasteiger partial charge in [-0.05, 0) is 12.1 Å². The van der Waals surface area contributed by atoms with Crippen molar-refractivity contribution in [3.05, 3.63) is 30.3 Å². The lowest BCUT2D eigenvalue weighted by atomic mass is 10.2. The normalized spacial score (nSPS) is 12.1. The first-order chi connectivity index (χ1) is 7.20. The Hall–Kier alpha value is -1.59. The van der Waals surface area contributed by atoms with Crippen molar-refractivity contribution < 1.29 is 19.8 Å². The molecule has 1 aromatic carbocycles. The number of anilines is 1. The first-order valence-electron chi connectivity index (χ1n) is 4.42. The van der Waals surface area contributed by atoms with Gasteiger partial charge in [-0.15, -0.1) is 0 Å². The smallest absolute Gasteiger partial charge is 0.331 e. The zero-order valence-electron chi connectivity index (χ0n) is 8.33. The van der Waals surface area contributed by atoms with E-state index in [4.69, 9.17) is 15.1 Å². The number of aliphatic carboxylic acids is 1. The number of benzene rings is 1. The third-order valence-corrected chi connectivity index (χ3v) is 1.95. The number of nitrogens with zero attached hydrogens (tertiary/aromatic N) is 1. The highest BCUT2D eigenvalue weighted by Crippen LogP contribution is 2.16. The van der Waals surface area contributed by atoms with E-state index >= 15 is 0 Å². The number of aliphatic hydroxyl groups is 1. The quantitative estimate of drug-likeness (QED) is 0.694. The van der Waals surface area contributed by atoms with Crippen LogP contribution in [0.1, 0.15) is 0 Å². The predicted octanol–water partition coefficient (Wildman–Crippen LogP) is 0.500. The summed E-state index contributed by atoms with van der Waals surface area (Å²) in [5, 5.41) is 19.0. The first kappa shape index (κ1) is 11.5. The van der Waals surface area contributed by atoms with Gasteiger partial charge in [0.1, 0.15) is 0 Å². The molecule has 5 heteroatoms. The van der Waals surface area contributed by atoms with E-state index in [1.54, 1.807) is 24.3 Å². The second-order valence-corrected chi connectivity index (χ2v) is 2.88.